The third kappa shape index (κ3) is 2.59. The monoisotopic (exact) mass is 273 g/mol. The van der Waals surface area contributed by atoms with Crippen molar-refractivity contribution in [2.75, 3.05) is 0 Å². The number of pyridine rings is 1. The van der Waals surface area contributed by atoms with Crippen molar-refractivity contribution in [1.82, 2.24) is 4.98 Å². The first-order valence-electron chi connectivity index (χ1n) is 7.25. The maximum atomic E-state index is 4.43. The Balaban J connectivity index is 2.11. The van der Waals surface area contributed by atoms with Crippen LogP contribution < -0.4 is 0 Å². The standard InChI is InChI=1S/C20H19N/c1-14-7-6-8-15(2)20(14)18-11-10-17(13-16(18)3)19-9-4-5-12-21-19/h4-13H,1-3H3. The van der Waals surface area contributed by atoms with Crippen LogP contribution in [0.5, 0.6) is 0 Å². The molecule has 21 heavy (non-hydrogen) atoms. The molecule has 3 aromatic rings. The van der Waals surface area contributed by atoms with Crippen LogP contribution in [0.3, 0.4) is 0 Å². The van der Waals surface area contributed by atoms with Crippen LogP contribution in [0.15, 0.2) is 60.8 Å². The molecule has 1 heteroatoms. The van der Waals surface area contributed by atoms with Crippen molar-refractivity contribution in [2.24, 2.45) is 0 Å². The Kier molecular flexibility index (Phi) is 3.57. The van der Waals surface area contributed by atoms with Gasteiger partial charge in [-0.3, -0.25) is 4.98 Å². The molecule has 0 atom stereocenters. The smallest absolute Gasteiger partial charge is 0.0702 e. The van der Waals surface area contributed by atoms with Gasteiger partial charge in [-0.15, -0.1) is 0 Å². The summed E-state index contributed by atoms with van der Waals surface area (Å²) < 4.78 is 0. The zero-order valence-electron chi connectivity index (χ0n) is 12.7. The molecule has 3 rings (SSSR count). The largest absolute Gasteiger partial charge is 0.256 e. The van der Waals surface area contributed by atoms with E-state index in [9.17, 15) is 0 Å². The summed E-state index contributed by atoms with van der Waals surface area (Å²) in [4.78, 5) is 4.43. The van der Waals surface area contributed by atoms with Gasteiger partial charge in [0.25, 0.3) is 0 Å². The van der Waals surface area contributed by atoms with E-state index in [2.05, 4.69) is 62.2 Å². The van der Waals surface area contributed by atoms with Crippen LogP contribution in [0.2, 0.25) is 0 Å². The molecule has 0 saturated heterocycles. The summed E-state index contributed by atoms with van der Waals surface area (Å²) >= 11 is 0. The summed E-state index contributed by atoms with van der Waals surface area (Å²) in [7, 11) is 0. The lowest BCUT2D eigenvalue weighted by atomic mass is 9.91. The third-order valence-electron chi connectivity index (χ3n) is 3.94. The second-order valence-corrected chi connectivity index (χ2v) is 5.51. The maximum Gasteiger partial charge on any atom is 0.0702 e. The quantitative estimate of drug-likeness (QED) is 0.614. The van der Waals surface area contributed by atoms with Gasteiger partial charge in [-0.2, -0.15) is 0 Å². The highest BCUT2D eigenvalue weighted by molar-refractivity contribution is 5.76. The molecule has 0 bridgehead atoms. The van der Waals surface area contributed by atoms with E-state index in [1.807, 2.05) is 24.4 Å². The number of aryl methyl sites for hydroxylation is 3. The molecule has 0 aliphatic heterocycles. The summed E-state index contributed by atoms with van der Waals surface area (Å²) in [6.07, 6.45) is 1.84. The van der Waals surface area contributed by atoms with Crippen LogP contribution in [-0.4, -0.2) is 4.98 Å². The molecule has 2 aromatic carbocycles. The first-order chi connectivity index (χ1) is 10.2. The van der Waals surface area contributed by atoms with E-state index in [4.69, 9.17) is 0 Å². The number of rotatable bonds is 2. The zero-order valence-corrected chi connectivity index (χ0v) is 12.7. The normalized spacial score (nSPS) is 10.6. The molecule has 1 nitrogen and oxygen atoms in total. The lowest BCUT2D eigenvalue weighted by Crippen LogP contribution is -1.92. The average Bonchev–Trinajstić information content (AvgIpc) is 2.49. The Morgan fingerprint density at radius 2 is 1.48 bits per heavy atom. The summed E-state index contributed by atoms with van der Waals surface area (Å²) in [6.45, 7) is 6.52. The van der Waals surface area contributed by atoms with Crippen LogP contribution in [0.4, 0.5) is 0 Å². The molecule has 1 heterocycles. The molecule has 0 spiro atoms. The Bertz CT molecular complexity index is 753. The van der Waals surface area contributed by atoms with Crippen LogP contribution in [0, 0.1) is 20.8 Å². The fourth-order valence-corrected chi connectivity index (χ4v) is 2.88. The minimum absolute atomic E-state index is 1.02. The Hall–Kier alpha value is -2.41. The van der Waals surface area contributed by atoms with Gasteiger partial charge < -0.3 is 0 Å². The predicted molar refractivity (Wildman–Crippen MR) is 89.3 cm³/mol. The van der Waals surface area contributed by atoms with Gasteiger partial charge in [0.1, 0.15) is 0 Å². The SMILES string of the molecule is Cc1cc(-c2ccccn2)ccc1-c1c(C)cccc1C. The van der Waals surface area contributed by atoms with Crippen LogP contribution in [0.1, 0.15) is 16.7 Å². The van der Waals surface area contributed by atoms with E-state index in [-0.39, 0.29) is 0 Å². The first kappa shape index (κ1) is 13.6. The Morgan fingerprint density at radius 1 is 0.714 bits per heavy atom. The van der Waals surface area contributed by atoms with Crippen molar-refractivity contribution in [3.8, 4) is 22.4 Å². The predicted octanol–water partition coefficient (Wildman–Crippen LogP) is 5.34. The summed E-state index contributed by atoms with van der Waals surface area (Å²) in [5, 5.41) is 0. The van der Waals surface area contributed by atoms with E-state index in [1.165, 1.54) is 33.4 Å². The molecule has 1 aromatic heterocycles. The van der Waals surface area contributed by atoms with Gasteiger partial charge in [0, 0.05) is 11.8 Å². The van der Waals surface area contributed by atoms with Gasteiger partial charge in [0.05, 0.1) is 5.69 Å². The van der Waals surface area contributed by atoms with Gasteiger partial charge in [-0.25, -0.2) is 0 Å². The molecule has 0 unspecified atom stereocenters. The van der Waals surface area contributed by atoms with Crippen molar-refractivity contribution in [2.45, 2.75) is 20.8 Å². The summed E-state index contributed by atoms with van der Waals surface area (Å²) in [6, 6.07) is 19.1. The van der Waals surface area contributed by atoms with Crippen molar-refractivity contribution in [3.63, 3.8) is 0 Å². The van der Waals surface area contributed by atoms with E-state index in [1.54, 1.807) is 0 Å². The van der Waals surface area contributed by atoms with E-state index in [0.29, 0.717) is 0 Å². The Labute approximate surface area is 126 Å². The fraction of sp³-hybridized carbons (Fsp3) is 0.150. The van der Waals surface area contributed by atoms with Crippen molar-refractivity contribution < 1.29 is 0 Å². The molecule has 0 N–H and O–H groups in total. The second-order valence-electron chi connectivity index (χ2n) is 5.51. The van der Waals surface area contributed by atoms with Crippen LogP contribution >= 0.6 is 0 Å². The molecular formula is C20H19N. The topological polar surface area (TPSA) is 12.9 Å². The van der Waals surface area contributed by atoms with Gasteiger partial charge >= 0.3 is 0 Å². The van der Waals surface area contributed by atoms with E-state index in [0.717, 1.165) is 5.69 Å². The average molecular weight is 273 g/mol. The van der Waals surface area contributed by atoms with Crippen LogP contribution in [0.25, 0.3) is 22.4 Å². The van der Waals surface area contributed by atoms with Gasteiger partial charge in [0.15, 0.2) is 0 Å². The fourth-order valence-electron chi connectivity index (χ4n) is 2.88. The minimum atomic E-state index is 1.02. The van der Waals surface area contributed by atoms with Gasteiger partial charge in [-0.1, -0.05) is 36.4 Å². The summed E-state index contributed by atoms with van der Waals surface area (Å²) in [5.74, 6) is 0. The van der Waals surface area contributed by atoms with Crippen molar-refractivity contribution in [3.05, 3.63) is 77.5 Å². The van der Waals surface area contributed by atoms with Crippen molar-refractivity contribution in [1.29, 1.82) is 0 Å². The number of aromatic nitrogens is 1. The van der Waals surface area contributed by atoms with Gasteiger partial charge in [-0.05, 0) is 66.8 Å². The molecule has 0 saturated carbocycles. The third-order valence-corrected chi connectivity index (χ3v) is 3.94. The molecule has 0 fully saturated rings. The van der Waals surface area contributed by atoms with E-state index < -0.39 is 0 Å². The van der Waals surface area contributed by atoms with E-state index >= 15 is 0 Å². The second kappa shape index (κ2) is 5.53. The molecule has 0 aliphatic rings. The first-order valence-corrected chi connectivity index (χ1v) is 7.25. The number of hydrogen-bond donors (Lipinski definition) is 0. The molecule has 0 amide bonds. The number of hydrogen-bond acceptors (Lipinski definition) is 1. The maximum absolute atomic E-state index is 4.43. The molecule has 0 radical (unpaired) electrons. The highest BCUT2D eigenvalue weighted by atomic mass is 14.7. The lowest BCUT2D eigenvalue weighted by Gasteiger charge is -2.14. The highest BCUT2D eigenvalue weighted by Crippen LogP contribution is 2.32. The van der Waals surface area contributed by atoms with Crippen molar-refractivity contribution >= 4 is 0 Å². The lowest BCUT2D eigenvalue weighted by molar-refractivity contribution is 1.31. The minimum Gasteiger partial charge on any atom is -0.256 e. The molecular weight excluding hydrogens is 254 g/mol. The number of benzene rings is 2. The zero-order chi connectivity index (χ0) is 14.8. The molecule has 104 valence electrons. The molecule has 0 aliphatic carbocycles. The highest BCUT2D eigenvalue weighted by Gasteiger charge is 2.09. The Morgan fingerprint density at radius 3 is 2.10 bits per heavy atom. The summed E-state index contributed by atoms with van der Waals surface area (Å²) in [5.41, 5.74) is 8.78. The van der Waals surface area contributed by atoms with Crippen LogP contribution in [-0.2, 0) is 0 Å². The number of nitrogens with zero attached hydrogens (tertiary/aromatic N) is 1. The van der Waals surface area contributed by atoms with Gasteiger partial charge in [0.2, 0.25) is 0 Å².